The third-order valence-electron chi connectivity index (χ3n) is 5.02. The largest absolute Gasteiger partial charge is 0.496 e. The number of rotatable bonds is 6. The molecule has 1 aromatic carbocycles. The van der Waals surface area contributed by atoms with Crippen molar-refractivity contribution in [2.24, 2.45) is 5.92 Å². The van der Waals surface area contributed by atoms with Crippen LogP contribution >= 0.6 is 11.6 Å². The van der Waals surface area contributed by atoms with E-state index in [1.54, 1.807) is 18.2 Å². The third kappa shape index (κ3) is 6.95. The summed E-state index contributed by atoms with van der Waals surface area (Å²) in [6.07, 6.45) is 5.52. The molecule has 2 amide bonds. The van der Waals surface area contributed by atoms with Gasteiger partial charge in [-0.3, -0.25) is 14.7 Å². The zero-order valence-corrected chi connectivity index (χ0v) is 18.7. The van der Waals surface area contributed by atoms with Crippen LogP contribution in [-0.4, -0.2) is 54.2 Å². The van der Waals surface area contributed by atoms with Crippen molar-refractivity contribution in [1.82, 2.24) is 15.5 Å². The number of carbonyl (C=O) groups is 2. The molecule has 0 saturated heterocycles. The summed E-state index contributed by atoms with van der Waals surface area (Å²) in [4.78, 5) is 25.3. The Morgan fingerprint density at radius 1 is 1.23 bits per heavy atom. The van der Waals surface area contributed by atoms with Gasteiger partial charge in [-0.05, 0) is 43.7 Å². The molecule has 9 nitrogen and oxygen atoms in total. The zero-order chi connectivity index (χ0) is 22.8. The molecular formula is C21H29ClN4O5. The van der Waals surface area contributed by atoms with E-state index in [0.717, 1.165) is 25.7 Å². The Hall–Kier alpha value is -2.62. The summed E-state index contributed by atoms with van der Waals surface area (Å²) in [7, 11) is 2.89. The average molecular weight is 453 g/mol. The highest BCUT2D eigenvalue weighted by atomic mass is 35.5. The van der Waals surface area contributed by atoms with Gasteiger partial charge in [0, 0.05) is 13.2 Å². The van der Waals surface area contributed by atoms with Crippen molar-refractivity contribution in [1.29, 1.82) is 0 Å². The lowest BCUT2D eigenvalue weighted by molar-refractivity contribution is 0.0325. The molecule has 0 aliphatic heterocycles. The van der Waals surface area contributed by atoms with Crippen LogP contribution < -0.4 is 15.4 Å². The van der Waals surface area contributed by atoms with E-state index in [4.69, 9.17) is 21.4 Å². The fourth-order valence-electron chi connectivity index (χ4n) is 3.30. The lowest BCUT2D eigenvalue weighted by atomic mass is 9.87. The number of aliphatic hydroxyl groups excluding tert-OH is 1. The Kier molecular flexibility index (Phi) is 9.77. The number of hydrogen-bond acceptors (Lipinski definition) is 6. The molecule has 1 heterocycles. The Morgan fingerprint density at radius 2 is 1.90 bits per heavy atom. The number of carbonyl (C=O) groups excluding carboxylic acids is 2. The Bertz CT molecular complexity index is 863. The monoisotopic (exact) mass is 452 g/mol. The summed E-state index contributed by atoms with van der Waals surface area (Å²) >= 11 is 6.14. The molecule has 1 aromatic heterocycles. The summed E-state index contributed by atoms with van der Waals surface area (Å²) in [5.41, 5.74) is 0.715. The fourth-order valence-corrected chi connectivity index (χ4v) is 3.55. The van der Waals surface area contributed by atoms with Crippen LogP contribution in [-0.2, 0) is 4.74 Å². The highest BCUT2D eigenvalue weighted by molar-refractivity contribution is 6.35. The number of methoxy groups -OCH3 is 2. The summed E-state index contributed by atoms with van der Waals surface area (Å²) in [6.45, 7) is 2.05. The maximum atomic E-state index is 12.7. The standard InChI is InChI=1S/C19H23ClN4O3.C2H6O2/c1-11-6-8-12(9-7-11)22-19(26)17-14(10-21-24-17)23-18(25)16-13(20)4-3-5-15(16)27-2;1-4-2-3/h3-5,10-12H,6-9H2,1-2H3,(H,21,24)(H,22,26)(H,23,25);3H,2H2,1H3. The minimum Gasteiger partial charge on any atom is -0.496 e. The predicted octanol–water partition coefficient (Wildman–Crippen LogP) is 3.22. The first-order valence-corrected chi connectivity index (χ1v) is 10.4. The van der Waals surface area contributed by atoms with Gasteiger partial charge in [-0.1, -0.05) is 24.6 Å². The number of hydrogen-bond donors (Lipinski definition) is 4. The van der Waals surface area contributed by atoms with Crippen LogP contribution in [0.5, 0.6) is 5.75 Å². The molecule has 10 heteroatoms. The smallest absolute Gasteiger partial charge is 0.271 e. The highest BCUT2D eigenvalue weighted by Crippen LogP contribution is 2.28. The SMILES string of the molecule is COCO.COc1cccc(Cl)c1C(=O)Nc1cn[nH]c1C(=O)NC1CCC(C)CC1. The van der Waals surface area contributed by atoms with E-state index in [9.17, 15) is 9.59 Å². The molecule has 0 unspecified atom stereocenters. The van der Waals surface area contributed by atoms with E-state index >= 15 is 0 Å². The molecule has 0 spiro atoms. The van der Waals surface area contributed by atoms with E-state index in [1.807, 2.05) is 0 Å². The van der Waals surface area contributed by atoms with Crippen LogP contribution in [0, 0.1) is 5.92 Å². The number of amides is 2. The van der Waals surface area contributed by atoms with Gasteiger partial charge < -0.3 is 25.2 Å². The quantitative estimate of drug-likeness (QED) is 0.498. The van der Waals surface area contributed by atoms with E-state index < -0.39 is 5.91 Å². The van der Waals surface area contributed by atoms with Gasteiger partial charge in [0.15, 0.2) is 0 Å². The molecular weight excluding hydrogens is 424 g/mol. The first kappa shape index (κ1) is 24.6. The van der Waals surface area contributed by atoms with Gasteiger partial charge in [0.05, 0.1) is 24.0 Å². The molecule has 0 atom stereocenters. The molecule has 2 aromatic rings. The van der Waals surface area contributed by atoms with Crippen LogP contribution in [0.2, 0.25) is 5.02 Å². The van der Waals surface area contributed by atoms with Gasteiger partial charge in [0.25, 0.3) is 11.8 Å². The normalized spacial score (nSPS) is 17.8. The number of halogens is 1. The van der Waals surface area contributed by atoms with Gasteiger partial charge in [-0.2, -0.15) is 5.10 Å². The zero-order valence-electron chi connectivity index (χ0n) is 17.9. The van der Waals surface area contributed by atoms with Crippen molar-refractivity contribution < 1.29 is 24.2 Å². The Labute approximate surface area is 186 Å². The summed E-state index contributed by atoms with van der Waals surface area (Å²) in [5.74, 6) is 0.296. The first-order valence-electron chi connectivity index (χ1n) is 9.99. The van der Waals surface area contributed by atoms with E-state index in [1.165, 1.54) is 20.4 Å². The van der Waals surface area contributed by atoms with Crippen LogP contribution in [0.4, 0.5) is 5.69 Å². The molecule has 0 radical (unpaired) electrons. The molecule has 31 heavy (non-hydrogen) atoms. The number of nitrogens with one attached hydrogen (secondary N) is 3. The molecule has 1 saturated carbocycles. The molecule has 170 valence electrons. The highest BCUT2D eigenvalue weighted by Gasteiger charge is 2.24. The lowest BCUT2D eigenvalue weighted by Crippen LogP contribution is -2.37. The second-order valence-electron chi connectivity index (χ2n) is 7.28. The Morgan fingerprint density at radius 3 is 2.52 bits per heavy atom. The van der Waals surface area contributed by atoms with E-state index in [0.29, 0.717) is 17.4 Å². The summed E-state index contributed by atoms with van der Waals surface area (Å²) in [5, 5.41) is 20.2. The van der Waals surface area contributed by atoms with Gasteiger partial charge in [-0.25, -0.2) is 0 Å². The number of H-pyrrole nitrogens is 1. The molecule has 3 rings (SSSR count). The fraction of sp³-hybridized carbons (Fsp3) is 0.476. The average Bonchev–Trinajstić information content (AvgIpc) is 3.23. The number of aliphatic hydroxyl groups is 1. The van der Waals surface area contributed by atoms with E-state index in [2.05, 4.69) is 32.5 Å². The van der Waals surface area contributed by atoms with Crippen LogP contribution in [0.3, 0.4) is 0 Å². The number of ether oxygens (including phenoxy) is 2. The van der Waals surface area contributed by atoms with E-state index in [-0.39, 0.29) is 35.0 Å². The van der Waals surface area contributed by atoms with Crippen molar-refractivity contribution in [2.75, 3.05) is 26.3 Å². The van der Waals surface area contributed by atoms with Gasteiger partial charge >= 0.3 is 0 Å². The first-order chi connectivity index (χ1) is 14.9. The van der Waals surface area contributed by atoms with Crippen molar-refractivity contribution in [3.05, 3.63) is 40.7 Å². The minimum absolute atomic E-state index is 0.143. The van der Waals surface area contributed by atoms with Crippen LogP contribution in [0.1, 0.15) is 53.5 Å². The number of anilines is 1. The third-order valence-corrected chi connectivity index (χ3v) is 5.33. The van der Waals surface area contributed by atoms with Crippen molar-refractivity contribution in [2.45, 2.75) is 38.6 Å². The molecule has 1 fully saturated rings. The number of aromatic nitrogens is 2. The van der Waals surface area contributed by atoms with Crippen molar-refractivity contribution >= 4 is 29.1 Å². The Balaban J connectivity index is 0.000000785. The van der Waals surface area contributed by atoms with Crippen LogP contribution in [0.25, 0.3) is 0 Å². The maximum absolute atomic E-state index is 12.7. The molecule has 1 aliphatic carbocycles. The number of benzene rings is 1. The lowest BCUT2D eigenvalue weighted by Gasteiger charge is -2.26. The minimum atomic E-state index is -0.473. The van der Waals surface area contributed by atoms with Gasteiger partial charge in [-0.15, -0.1) is 0 Å². The topological polar surface area (TPSA) is 126 Å². The van der Waals surface area contributed by atoms with Gasteiger partial charge in [0.2, 0.25) is 0 Å². The maximum Gasteiger partial charge on any atom is 0.271 e. The molecule has 4 N–H and O–H groups in total. The molecule has 0 bridgehead atoms. The van der Waals surface area contributed by atoms with Crippen molar-refractivity contribution in [3.8, 4) is 5.75 Å². The summed E-state index contributed by atoms with van der Waals surface area (Å²) in [6, 6.07) is 5.09. The van der Waals surface area contributed by atoms with Crippen LogP contribution in [0.15, 0.2) is 24.4 Å². The summed E-state index contributed by atoms with van der Waals surface area (Å²) < 4.78 is 9.30. The number of aromatic amines is 1. The predicted molar refractivity (Wildman–Crippen MR) is 118 cm³/mol. The second-order valence-corrected chi connectivity index (χ2v) is 7.69. The van der Waals surface area contributed by atoms with Gasteiger partial charge in [0.1, 0.15) is 23.8 Å². The second kappa shape index (κ2) is 12.3. The number of nitrogens with zero attached hydrogens (tertiary/aromatic N) is 1. The molecule has 1 aliphatic rings. The van der Waals surface area contributed by atoms with Crippen molar-refractivity contribution in [3.63, 3.8) is 0 Å².